The highest BCUT2D eigenvalue weighted by atomic mass is 16.6. The summed E-state index contributed by atoms with van der Waals surface area (Å²) >= 11 is 0. The summed E-state index contributed by atoms with van der Waals surface area (Å²) in [4.78, 5) is 37.5. The van der Waals surface area contributed by atoms with E-state index in [9.17, 15) is 19.7 Å². The molecule has 1 saturated heterocycles. The van der Waals surface area contributed by atoms with Crippen LogP contribution in [0.4, 0.5) is 16.2 Å². The van der Waals surface area contributed by atoms with E-state index in [-0.39, 0.29) is 36.4 Å². The van der Waals surface area contributed by atoms with Crippen LogP contribution in [0, 0.1) is 10.1 Å². The van der Waals surface area contributed by atoms with Crippen LogP contribution in [-0.2, 0) is 16.0 Å². The van der Waals surface area contributed by atoms with Crippen LogP contribution in [0.3, 0.4) is 0 Å². The second-order valence-electron chi connectivity index (χ2n) is 9.53. The molecule has 188 valence electrons. The van der Waals surface area contributed by atoms with E-state index >= 15 is 0 Å². The maximum Gasteiger partial charge on any atom is 0.410 e. The smallest absolute Gasteiger partial charge is 0.410 e. The maximum absolute atomic E-state index is 12.5. The standard InChI is InChI=1S/C26H33N3O6/c1-5-34-24(30)22-10-6-8-19(23(22)29(32)33)16-27-21-13-11-18(12-14-21)20-9-7-15-28(17-20)25(31)35-26(2,3)4/h6,8,10-14,20,27H,5,7,9,15-17H2,1-4H3. The highest BCUT2D eigenvalue weighted by molar-refractivity contribution is 5.94. The molecule has 3 rings (SSSR count). The van der Waals surface area contributed by atoms with Gasteiger partial charge in [0, 0.05) is 36.8 Å². The minimum Gasteiger partial charge on any atom is -0.462 e. The van der Waals surface area contributed by atoms with Gasteiger partial charge in [0.15, 0.2) is 0 Å². The largest absolute Gasteiger partial charge is 0.462 e. The molecule has 0 aromatic heterocycles. The molecule has 35 heavy (non-hydrogen) atoms. The topological polar surface area (TPSA) is 111 Å². The summed E-state index contributed by atoms with van der Waals surface area (Å²) in [5.41, 5.74) is 1.48. The Labute approximate surface area is 205 Å². The van der Waals surface area contributed by atoms with E-state index < -0.39 is 16.5 Å². The molecule has 1 heterocycles. The Morgan fingerprint density at radius 1 is 1.17 bits per heavy atom. The first kappa shape index (κ1) is 26.0. The lowest BCUT2D eigenvalue weighted by atomic mass is 9.90. The number of hydrogen-bond donors (Lipinski definition) is 1. The average Bonchev–Trinajstić information content (AvgIpc) is 2.82. The number of nitrogens with one attached hydrogen (secondary N) is 1. The van der Waals surface area contributed by atoms with Crippen LogP contribution in [0.2, 0.25) is 0 Å². The number of nitro benzene ring substituents is 1. The van der Waals surface area contributed by atoms with Gasteiger partial charge >= 0.3 is 12.1 Å². The van der Waals surface area contributed by atoms with Gasteiger partial charge in [0.25, 0.3) is 5.69 Å². The summed E-state index contributed by atoms with van der Waals surface area (Å²) in [6, 6.07) is 12.5. The first-order chi connectivity index (χ1) is 16.6. The van der Waals surface area contributed by atoms with Crippen molar-refractivity contribution < 1.29 is 24.0 Å². The number of piperidine rings is 1. The van der Waals surface area contributed by atoms with E-state index in [4.69, 9.17) is 9.47 Å². The lowest BCUT2D eigenvalue weighted by molar-refractivity contribution is -0.385. The van der Waals surface area contributed by atoms with Crippen molar-refractivity contribution in [3.63, 3.8) is 0 Å². The molecule has 1 aliphatic rings. The van der Waals surface area contributed by atoms with Crippen LogP contribution in [0.1, 0.15) is 67.9 Å². The van der Waals surface area contributed by atoms with Gasteiger partial charge in [-0.25, -0.2) is 9.59 Å². The van der Waals surface area contributed by atoms with Gasteiger partial charge in [-0.2, -0.15) is 0 Å². The fourth-order valence-electron chi connectivity index (χ4n) is 4.14. The summed E-state index contributed by atoms with van der Waals surface area (Å²) < 4.78 is 10.5. The summed E-state index contributed by atoms with van der Waals surface area (Å²) in [5.74, 6) is -0.494. The summed E-state index contributed by atoms with van der Waals surface area (Å²) in [6.07, 6.45) is 1.61. The van der Waals surface area contributed by atoms with Crippen molar-refractivity contribution in [2.24, 2.45) is 0 Å². The zero-order chi connectivity index (χ0) is 25.6. The fourth-order valence-corrected chi connectivity index (χ4v) is 4.14. The maximum atomic E-state index is 12.5. The van der Waals surface area contributed by atoms with Gasteiger partial charge in [-0.15, -0.1) is 0 Å². The molecular weight excluding hydrogens is 450 g/mol. The molecule has 0 bridgehead atoms. The zero-order valence-electron chi connectivity index (χ0n) is 20.7. The van der Waals surface area contributed by atoms with E-state index in [1.807, 2.05) is 45.0 Å². The van der Waals surface area contributed by atoms with Crippen LogP contribution >= 0.6 is 0 Å². The number of ether oxygens (including phenoxy) is 2. The molecule has 9 heteroatoms. The number of benzene rings is 2. The lowest BCUT2D eigenvalue weighted by Crippen LogP contribution is -2.42. The normalized spacial score (nSPS) is 15.9. The van der Waals surface area contributed by atoms with Gasteiger partial charge in [0.1, 0.15) is 11.2 Å². The van der Waals surface area contributed by atoms with Crippen LogP contribution in [0.5, 0.6) is 0 Å². The Balaban J connectivity index is 1.66. The van der Waals surface area contributed by atoms with Crippen molar-refractivity contribution in [1.29, 1.82) is 0 Å². The van der Waals surface area contributed by atoms with Crippen LogP contribution < -0.4 is 5.32 Å². The Bertz CT molecular complexity index is 1060. The number of likely N-dealkylation sites (tertiary alicyclic amines) is 1. The molecular formula is C26H33N3O6. The number of carbonyl (C=O) groups is 2. The van der Waals surface area contributed by atoms with E-state index in [2.05, 4.69) is 5.32 Å². The molecule has 2 aromatic rings. The van der Waals surface area contributed by atoms with Crippen molar-refractivity contribution in [1.82, 2.24) is 4.90 Å². The van der Waals surface area contributed by atoms with Crippen LogP contribution in [0.15, 0.2) is 42.5 Å². The monoisotopic (exact) mass is 483 g/mol. The summed E-state index contributed by atoms with van der Waals surface area (Å²) in [6.45, 7) is 8.85. The minimum absolute atomic E-state index is 0.0571. The molecule has 1 N–H and O–H groups in total. The van der Waals surface area contributed by atoms with Crippen molar-refractivity contribution in [2.75, 3.05) is 25.0 Å². The molecule has 0 saturated carbocycles. The Morgan fingerprint density at radius 2 is 1.89 bits per heavy atom. The number of carbonyl (C=O) groups excluding carboxylic acids is 2. The predicted molar refractivity (Wildman–Crippen MR) is 133 cm³/mol. The Kier molecular flexibility index (Phi) is 8.32. The fraction of sp³-hybridized carbons (Fsp3) is 0.462. The van der Waals surface area contributed by atoms with Gasteiger partial charge in [-0.05, 0) is 64.3 Å². The molecule has 0 radical (unpaired) electrons. The molecule has 1 aliphatic heterocycles. The number of hydrogen-bond acceptors (Lipinski definition) is 7. The van der Waals surface area contributed by atoms with Gasteiger partial charge < -0.3 is 19.7 Å². The number of anilines is 1. The third kappa shape index (κ3) is 6.94. The molecule has 0 spiro atoms. The van der Waals surface area contributed by atoms with E-state index in [1.54, 1.807) is 24.0 Å². The van der Waals surface area contributed by atoms with Gasteiger partial charge in [-0.3, -0.25) is 10.1 Å². The number of rotatable bonds is 7. The van der Waals surface area contributed by atoms with Gasteiger partial charge in [-0.1, -0.05) is 24.3 Å². The third-order valence-electron chi connectivity index (χ3n) is 5.74. The molecule has 1 unspecified atom stereocenters. The van der Waals surface area contributed by atoms with E-state index in [1.165, 1.54) is 6.07 Å². The quantitative estimate of drug-likeness (QED) is 0.314. The molecule has 2 aromatic carbocycles. The van der Waals surface area contributed by atoms with Crippen LogP contribution in [-0.4, -0.2) is 47.2 Å². The number of esters is 1. The Hall–Kier alpha value is -3.62. The number of nitro groups is 1. The number of nitrogens with zero attached hydrogens (tertiary/aromatic N) is 2. The molecule has 1 fully saturated rings. The molecule has 1 amide bonds. The van der Waals surface area contributed by atoms with Crippen molar-refractivity contribution in [2.45, 2.75) is 58.6 Å². The third-order valence-corrected chi connectivity index (χ3v) is 5.74. The second-order valence-corrected chi connectivity index (χ2v) is 9.53. The Morgan fingerprint density at radius 3 is 2.51 bits per heavy atom. The average molecular weight is 484 g/mol. The van der Waals surface area contributed by atoms with Crippen molar-refractivity contribution in [3.8, 4) is 0 Å². The minimum atomic E-state index is -0.710. The van der Waals surface area contributed by atoms with Gasteiger partial charge in [0.05, 0.1) is 11.5 Å². The molecule has 1 atom stereocenters. The van der Waals surface area contributed by atoms with E-state index in [0.29, 0.717) is 18.7 Å². The first-order valence-electron chi connectivity index (χ1n) is 11.8. The predicted octanol–water partition coefficient (Wildman–Crippen LogP) is 5.50. The highest BCUT2D eigenvalue weighted by Crippen LogP contribution is 2.30. The number of amides is 1. The van der Waals surface area contributed by atoms with Crippen LogP contribution in [0.25, 0.3) is 0 Å². The molecule has 0 aliphatic carbocycles. The van der Waals surface area contributed by atoms with E-state index in [0.717, 1.165) is 24.1 Å². The highest BCUT2D eigenvalue weighted by Gasteiger charge is 2.28. The van der Waals surface area contributed by atoms with Gasteiger partial charge in [0.2, 0.25) is 0 Å². The summed E-state index contributed by atoms with van der Waals surface area (Å²) in [5, 5.41) is 14.9. The summed E-state index contributed by atoms with van der Waals surface area (Å²) in [7, 11) is 0. The lowest BCUT2D eigenvalue weighted by Gasteiger charge is -2.34. The van der Waals surface area contributed by atoms with Crippen molar-refractivity contribution in [3.05, 3.63) is 69.3 Å². The van der Waals surface area contributed by atoms with Crippen molar-refractivity contribution >= 4 is 23.4 Å². The number of para-hydroxylation sites is 1. The zero-order valence-corrected chi connectivity index (χ0v) is 20.7. The second kappa shape index (κ2) is 11.2. The SMILES string of the molecule is CCOC(=O)c1cccc(CNc2ccc(C3CCCN(C(=O)OC(C)(C)C)C3)cc2)c1[N+](=O)[O-]. The molecule has 9 nitrogen and oxygen atoms in total. The first-order valence-corrected chi connectivity index (χ1v) is 11.8.